The van der Waals surface area contributed by atoms with Gasteiger partial charge in [0.1, 0.15) is 0 Å². The molecule has 106 valence electrons. The number of amides is 2. The second-order valence-electron chi connectivity index (χ2n) is 4.37. The average molecular weight is 277 g/mol. The van der Waals surface area contributed by atoms with Gasteiger partial charge in [0.2, 0.25) is 5.91 Å². The molecule has 7 nitrogen and oxygen atoms in total. The van der Waals surface area contributed by atoms with Crippen LogP contribution < -0.4 is 5.48 Å². The summed E-state index contributed by atoms with van der Waals surface area (Å²) in [4.78, 5) is 28.7. The second-order valence-corrected chi connectivity index (χ2v) is 4.37. The lowest BCUT2D eigenvalue weighted by Gasteiger charge is -2.30. The zero-order valence-corrected chi connectivity index (χ0v) is 10.6. The number of nitrogens with one attached hydrogen (secondary N) is 1. The molecule has 3 N–H and O–H groups in total. The highest BCUT2D eigenvalue weighted by atomic mass is 16.5. The van der Waals surface area contributed by atoms with Gasteiger partial charge in [0.15, 0.2) is 0 Å². The van der Waals surface area contributed by atoms with Gasteiger partial charge in [-0.05, 0) is 11.6 Å². The zero-order valence-electron chi connectivity index (χ0n) is 10.6. The third-order valence-electron chi connectivity index (χ3n) is 3.05. The lowest BCUT2D eigenvalue weighted by atomic mass is 9.89. The third kappa shape index (κ3) is 3.01. The van der Waals surface area contributed by atoms with E-state index >= 15 is 0 Å². The SMILES string of the molecule is O=C(/C=C/C1=CC2C(=O)N(CCO)C=NC2C=C1)NO. The van der Waals surface area contributed by atoms with Gasteiger partial charge in [-0.3, -0.25) is 19.8 Å². The van der Waals surface area contributed by atoms with Crippen molar-refractivity contribution in [3.63, 3.8) is 0 Å². The summed E-state index contributed by atoms with van der Waals surface area (Å²) in [7, 11) is 0. The van der Waals surface area contributed by atoms with E-state index in [9.17, 15) is 9.59 Å². The molecule has 0 aromatic heterocycles. The van der Waals surface area contributed by atoms with E-state index in [-0.39, 0.29) is 25.1 Å². The van der Waals surface area contributed by atoms with Crippen molar-refractivity contribution in [2.45, 2.75) is 6.04 Å². The van der Waals surface area contributed by atoms with Gasteiger partial charge in [0, 0.05) is 12.6 Å². The number of hydroxylamine groups is 1. The second kappa shape index (κ2) is 6.27. The number of aliphatic imine (C=N–C) groups is 1. The van der Waals surface area contributed by atoms with E-state index in [1.165, 1.54) is 28.9 Å². The predicted octanol–water partition coefficient (Wildman–Crippen LogP) is -0.608. The third-order valence-corrected chi connectivity index (χ3v) is 3.05. The quantitative estimate of drug-likeness (QED) is 0.362. The lowest BCUT2D eigenvalue weighted by Crippen LogP contribution is -2.44. The van der Waals surface area contributed by atoms with Gasteiger partial charge >= 0.3 is 0 Å². The molecule has 0 aromatic rings. The molecule has 0 radical (unpaired) electrons. The van der Waals surface area contributed by atoms with Gasteiger partial charge in [-0.1, -0.05) is 18.2 Å². The number of β-amino-alcohol motifs (C(OH)–C–C–N with tert-alkyl or cyclic N) is 1. The van der Waals surface area contributed by atoms with Gasteiger partial charge in [0.05, 0.1) is 24.9 Å². The number of rotatable bonds is 4. The van der Waals surface area contributed by atoms with E-state index < -0.39 is 11.8 Å². The summed E-state index contributed by atoms with van der Waals surface area (Å²) >= 11 is 0. The number of carbonyl (C=O) groups is 2. The molecule has 0 spiro atoms. The normalized spacial score (nSPS) is 24.8. The molecule has 0 fully saturated rings. The summed E-state index contributed by atoms with van der Waals surface area (Å²) in [6.45, 7) is 0.0827. The first kappa shape index (κ1) is 14.2. The number of aliphatic hydroxyl groups is 1. The summed E-state index contributed by atoms with van der Waals surface area (Å²) in [6.07, 6.45) is 9.37. The maximum Gasteiger partial charge on any atom is 0.267 e. The van der Waals surface area contributed by atoms with Crippen LogP contribution in [0, 0.1) is 5.92 Å². The lowest BCUT2D eigenvalue weighted by molar-refractivity contribution is -0.131. The molecule has 1 aliphatic carbocycles. The van der Waals surface area contributed by atoms with E-state index in [1.54, 1.807) is 18.2 Å². The van der Waals surface area contributed by atoms with Crippen LogP contribution in [0.4, 0.5) is 0 Å². The standard InChI is InChI=1S/C13H15N3O4/c17-6-5-16-8-14-11-3-1-9(2-4-12(18)15-20)7-10(11)13(16)19/h1-4,7-8,10-11,17,20H,5-6H2,(H,15,18)/b4-2+. The van der Waals surface area contributed by atoms with E-state index in [4.69, 9.17) is 10.3 Å². The number of allylic oxidation sites excluding steroid dienone is 3. The summed E-state index contributed by atoms with van der Waals surface area (Å²) < 4.78 is 0. The molecule has 0 aromatic carbocycles. The Balaban J connectivity index is 2.15. The summed E-state index contributed by atoms with van der Waals surface area (Å²) in [6, 6.07) is -0.249. The fourth-order valence-corrected chi connectivity index (χ4v) is 2.05. The number of hydrogen-bond donors (Lipinski definition) is 3. The molecule has 0 saturated carbocycles. The molecule has 20 heavy (non-hydrogen) atoms. The topological polar surface area (TPSA) is 102 Å². The fourth-order valence-electron chi connectivity index (χ4n) is 2.05. The largest absolute Gasteiger partial charge is 0.395 e. The van der Waals surface area contributed by atoms with Gasteiger partial charge in [0.25, 0.3) is 5.91 Å². The van der Waals surface area contributed by atoms with Crippen molar-refractivity contribution in [2.75, 3.05) is 13.2 Å². The Labute approximate surface area is 115 Å². The Kier molecular flexibility index (Phi) is 4.44. The fraction of sp³-hybridized carbons (Fsp3) is 0.308. The Hall–Kier alpha value is -2.25. The van der Waals surface area contributed by atoms with Crippen LogP contribution in [0.25, 0.3) is 0 Å². The Morgan fingerprint density at radius 1 is 1.55 bits per heavy atom. The minimum atomic E-state index is -0.642. The molecule has 0 bridgehead atoms. The highest BCUT2D eigenvalue weighted by Crippen LogP contribution is 2.25. The molecule has 7 heteroatoms. The van der Waals surface area contributed by atoms with Gasteiger partial charge in [-0.15, -0.1) is 0 Å². The smallest absolute Gasteiger partial charge is 0.267 e. The summed E-state index contributed by atoms with van der Waals surface area (Å²) in [5.41, 5.74) is 2.17. The van der Waals surface area contributed by atoms with Crippen molar-refractivity contribution < 1.29 is 19.9 Å². The summed E-state index contributed by atoms with van der Waals surface area (Å²) in [5.74, 6) is -1.22. The molecule has 0 saturated heterocycles. The number of hydrogen-bond acceptors (Lipinski definition) is 5. The van der Waals surface area contributed by atoms with Crippen molar-refractivity contribution in [3.8, 4) is 0 Å². The van der Waals surface area contributed by atoms with Gasteiger partial charge < -0.3 is 10.0 Å². The highest BCUT2D eigenvalue weighted by Gasteiger charge is 2.32. The zero-order chi connectivity index (χ0) is 14.5. The van der Waals surface area contributed by atoms with E-state index in [2.05, 4.69) is 4.99 Å². The predicted molar refractivity (Wildman–Crippen MR) is 70.9 cm³/mol. The number of fused-ring (bicyclic) bond motifs is 1. The van der Waals surface area contributed by atoms with Crippen molar-refractivity contribution in [1.82, 2.24) is 10.4 Å². The minimum absolute atomic E-state index is 0.127. The molecular formula is C13H15N3O4. The van der Waals surface area contributed by atoms with E-state index in [0.717, 1.165) is 0 Å². The Bertz CT molecular complexity index is 522. The number of carbonyl (C=O) groups excluding carboxylic acids is 2. The van der Waals surface area contributed by atoms with E-state index in [1.807, 2.05) is 0 Å². The Morgan fingerprint density at radius 2 is 2.35 bits per heavy atom. The van der Waals surface area contributed by atoms with Crippen molar-refractivity contribution in [3.05, 3.63) is 36.0 Å². The van der Waals surface area contributed by atoms with Crippen LogP contribution in [-0.4, -0.2) is 52.6 Å². The Morgan fingerprint density at radius 3 is 3.05 bits per heavy atom. The molecule has 2 rings (SSSR count). The first-order valence-corrected chi connectivity index (χ1v) is 6.12. The first-order chi connectivity index (χ1) is 9.65. The number of aliphatic hydroxyl groups excluding tert-OH is 1. The van der Waals surface area contributed by atoms with Gasteiger partial charge in [-0.25, -0.2) is 5.48 Å². The number of nitrogens with zero attached hydrogens (tertiary/aromatic N) is 2. The van der Waals surface area contributed by atoms with Crippen LogP contribution in [0.15, 0.2) is 40.9 Å². The van der Waals surface area contributed by atoms with Crippen LogP contribution in [-0.2, 0) is 9.59 Å². The summed E-state index contributed by atoms with van der Waals surface area (Å²) in [5, 5.41) is 17.3. The molecule has 2 aliphatic rings. The molecule has 2 atom stereocenters. The molecule has 1 aliphatic heterocycles. The van der Waals surface area contributed by atoms with Crippen molar-refractivity contribution in [2.24, 2.45) is 10.9 Å². The van der Waals surface area contributed by atoms with Gasteiger partial charge in [-0.2, -0.15) is 0 Å². The molecular weight excluding hydrogens is 262 g/mol. The van der Waals surface area contributed by atoms with Crippen molar-refractivity contribution in [1.29, 1.82) is 0 Å². The van der Waals surface area contributed by atoms with Crippen LogP contribution in [0.1, 0.15) is 0 Å². The first-order valence-electron chi connectivity index (χ1n) is 6.12. The molecule has 1 heterocycles. The maximum absolute atomic E-state index is 12.2. The monoisotopic (exact) mass is 277 g/mol. The average Bonchev–Trinajstić information content (AvgIpc) is 2.48. The minimum Gasteiger partial charge on any atom is -0.395 e. The molecule has 2 unspecified atom stereocenters. The van der Waals surface area contributed by atoms with E-state index in [0.29, 0.717) is 5.57 Å². The molecule has 2 amide bonds. The van der Waals surface area contributed by atoms with Crippen molar-refractivity contribution >= 4 is 18.2 Å². The van der Waals surface area contributed by atoms with Crippen LogP contribution in [0.2, 0.25) is 0 Å². The highest BCUT2D eigenvalue weighted by molar-refractivity contribution is 5.94. The van der Waals surface area contributed by atoms with Crippen LogP contribution >= 0.6 is 0 Å². The van der Waals surface area contributed by atoms with Crippen LogP contribution in [0.5, 0.6) is 0 Å². The maximum atomic E-state index is 12.2. The van der Waals surface area contributed by atoms with Crippen LogP contribution in [0.3, 0.4) is 0 Å².